The minimum absolute atomic E-state index is 0.00130. The Morgan fingerprint density at radius 2 is 2.07 bits per heavy atom. The first-order chi connectivity index (χ1) is 7.13. The topological polar surface area (TPSA) is 58.9 Å². The van der Waals surface area contributed by atoms with Crippen LogP contribution in [0.4, 0.5) is 8.78 Å². The summed E-state index contributed by atoms with van der Waals surface area (Å²) in [5, 5.41) is -0.0181. The van der Waals surface area contributed by atoms with Gasteiger partial charge < -0.3 is 10.7 Å². The van der Waals surface area contributed by atoms with E-state index < -0.39 is 17.1 Å². The number of hydrogen-bond acceptors (Lipinski definition) is 2. The third kappa shape index (κ3) is 1.50. The van der Waals surface area contributed by atoms with E-state index in [2.05, 4.69) is 4.98 Å². The maximum atomic E-state index is 13.2. The summed E-state index contributed by atoms with van der Waals surface area (Å²) >= 11 is 0. The second kappa shape index (κ2) is 3.43. The number of rotatable bonds is 1. The van der Waals surface area contributed by atoms with Gasteiger partial charge in [-0.15, -0.1) is 0 Å². The SMILES string of the molecule is NCc1c[nH]c2c(F)cc(F)cc2c1=O. The molecule has 1 aromatic heterocycles. The predicted octanol–water partition coefficient (Wildman–Crippen LogP) is 1.26. The Labute approximate surface area is 83.5 Å². The third-order valence-corrected chi connectivity index (χ3v) is 2.20. The van der Waals surface area contributed by atoms with E-state index in [0.29, 0.717) is 5.56 Å². The van der Waals surface area contributed by atoms with Gasteiger partial charge in [-0.1, -0.05) is 0 Å². The molecule has 0 saturated heterocycles. The molecule has 0 unspecified atom stereocenters. The second-order valence-corrected chi connectivity index (χ2v) is 3.16. The number of pyridine rings is 1. The Bertz CT molecular complexity index is 577. The summed E-state index contributed by atoms with van der Waals surface area (Å²) in [6.45, 7) is 0.0312. The summed E-state index contributed by atoms with van der Waals surface area (Å²) in [6, 6.07) is 1.72. The maximum absolute atomic E-state index is 13.2. The molecule has 0 aliphatic carbocycles. The molecular weight excluding hydrogens is 202 g/mol. The van der Waals surface area contributed by atoms with E-state index in [9.17, 15) is 13.6 Å². The number of H-pyrrole nitrogens is 1. The molecule has 1 heterocycles. The monoisotopic (exact) mass is 210 g/mol. The van der Waals surface area contributed by atoms with Crippen LogP contribution in [0.5, 0.6) is 0 Å². The van der Waals surface area contributed by atoms with E-state index in [1.54, 1.807) is 0 Å². The molecule has 0 atom stereocenters. The number of aromatic amines is 1. The lowest BCUT2D eigenvalue weighted by atomic mass is 10.1. The summed E-state index contributed by atoms with van der Waals surface area (Å²) in [5.74, 6) is -1.56. The summed E-state index contributed by atoms with van der Waals surface area (Å²) in [6.07, 6.45) is 1.34. The molecule has 3 nitrogen and oxygen atoms in total. The average Bonchev–Trinajstić information content (AvgIpc) is 2.19. The van der Waals surface area contributed by atoms with Crippen molar-refractivity contribution in [1.29, 1.82) is 0 Å². The molecule has 0 fully saturated rings. The van der Waals surface area contributed by atoms with Crippen LogP contribution in [0.25, 0.3) is 10.9 Å². The smallest absolute Gasteiger partial charge is 0.194 e. The van der Waals surface area contributed by atoms with Crippen LogP contribution in [-0.4, -0.2) is 4.98 Å². The van der Waals surface area contributed by atoms with E-state index in [0.717, 1.165) is 12.1 Å². The Morgan fingerprint density at radius 3 is 2.73 bits per heavy atom. The Morgan fingerprint density at radius 1 is 1.33 bits per heavy atom. The normalized spacial score (nSPS) is 10.9. The molecule has 0 bridgehead atoms. The molecule has 0 amide bonds. The van der Waals surface area contributed by atoms with Gasteiger partial charge in [-0.3, -0.25) is 4.79 Å². The summed E-state index contributed by atoms with van der Waals surface area (Å²) in [4.78, 5) is 14.2. The number of nitrogens with one attached hydrogen (secondary N) is 1. The van der Waals surface area contributed by atoms with Crippen molar-refractivity contribution >= 4 is 10.9 Å². The number of fused-ring (bicyclic) bond motifs is 1. The molecule has 0 spiro atoms. The van der Waals surface area contributed by atoms with Gasteiger partial charge in [0.1, 0.15) is 11.6 Å². The van der Waals surface area contributed by atoms with Gasteiger partial charge in [-0.2, -0.15) is 0 Å². The van der Waals surface area contributed by atoms with E-state index in [1.165, 1.54) is 6.20 Å². The fourth-order valence-corrected chi connectivity index (χ4v) is 1.45. The zero-order chi connectivity index (χ0) is 11.0. The minimum atomic E-state index is -0.786. The molecule has 78 valence electrons. The minimum Gasteiger partial charge on any atom is -0.358 e. The van der Waals surface area contributed by atoms with Gasteiger partial charge >= 0.3 is 0 Å². The van der Waals surface area contributed by atoms with Crippen LogP contribution in [0.15, 0.2) is 23.1 Å². The highest BCUT2D eigenvalue weighted by molar-refractivity contribution is 5.79. The molecule has 15 heavy (non-hydrogen) atoms. The lowest BCUT2D eigenvalue weighted by Crippen LogP contribution is -2.14. The van der Waals surface area contributed by atoms with Crippen molar-refractivity contribution in [2.24, 2.45) is 5.73 Å². The van der Waals surface area contributed by atoms with Crippen molar-refractivity contribution in [1.82, 2.24) is 4.98 Å². The molecule has 0 saturated carbocycles. The first-order valence-corrected chi connectivity index (χ1v) is 4.33. The highest BCUT2D eigenvalue weighted by atomic mass is 19.1. The molecular formula is C10H8F2N2O. The summed E-state index contributed by atoms with van der Waals surface area (Å²) in [5.41, 5.74) is 5.17. The van der Waals surface area contributed by atoms with Gasteiger partial charge in [0, 0.05) is 24.4 Å². The Hall–Kier alpha value is -1.75. The van der Waals surface area contributed by atoms with Gasteiger partial charge in [0.05, 0.1) is 10.9 Å². The molecule has 2 aromatic rings. The Kier molecular flexibility index (Phi) is 2.24. The molecule has 2 rings (SSSR count). The first kappa shape index (κ1) is 9.79. The van der Waals surface area contributed by atoms with Crippen LogP contribution in [0.2, 0.25) is 0 Å². The van der Waals surface area contributed by atoms with Crippen molar-refractivity contribution in [2.75, 3.05) is 0 Å². The lowest BCUT2D eigenvalue weighted by molar-refractivity contribution is 0.590. The van der Waals surface area contributed by atoms with E-state index in [1.807, 2.05) is 0 Å². The molecule has 0 aliphatic heterocycles. The van der Waals surface area contributed by atoms with Crippen LogP contribution in [0.3, 0.4) is 0 Å². The van der Waals surface area contributed by atoms with Crippen LogP contribution >= 0.6 is 0 Å². The Balaban J connectivity index is 2.93. The fraction of sp³-hybridized carbons (Fsp3) is 0.100. The van der Waals surface area contributed by atoms with E-state index in [4.69, 9.17) is 5.73 Å². The average molecular weight is 210 g/mol. The zero-order valence-electron chi connectivity index (χ0n) is 7.68. The van der Waals surface area contributed by atoms with E-state index >= 15 is 0 Å². The number of aromatic nitrogens is 1. The largest absolute Gasteiger partial charge is 0.358 e. The predicted molar refractivity (Wildman–Crippen MR) is 52.4 cm³/mol. The van der Waals surface area contributed by atoms with Crippen molar-refractivity contribution in [3.63, 3.8) is 0 Å². The number of benzene rings is 1. The highest BCUT2D eigenvalue weighted by Gasteiger charge is 2.09. The third-order valence-electron chi connectivity index (χ3n) is 2.20. The van der Waals surface area contributed by atoms with Crippen LogP contribution in [0.1, 0.15) is 5.56 Å². The summed E-state index contributed by atoms with van der Waals surface area (Å²) < 4.78 is 26.1. The molecule has 1 aromatic carbocycles. The molecule has 0 radical (unpaired) electrons. The van der Waals surface area contributed by atoms with Crippen LogP contribution < -0.4 is 11.2 Å². The summed E-state index contributed by atoms with van der Waals surface area (Å²) in [7, 11) is 0. The number of halogens is 2. The van der Waals surface area contributed by atoms with Crippen LogP contribution in [0, 0.1) is 11.6 Å². The standard InChI is InChI=1S/C10H8F2N2O/c11-6-1-7-9(8(12)2-6)14-4-5(3-13)10(7)15/h1-2,4H,3,13H2,(H,14,15). The zero-order valence-corrected chi connectivity index (χ0v) is 7.68. The van der Waals surface area contributed by atoms with Crippen molar-refractivity contribution in [3.8, 4) is 0 Å². The lowest BCUT2D eigenvalue weighted by Gasteiger charge is -2.02. The van der Waals surface area contributed by atoms with Gasteiger partial charge in [0.25, 0.3) is 0 Å². The van der Waals surface area contributed by atoms with Crippen molar-refractivity contribution in [3.05, 3.63) is 45.8 Å². The second-order valence-electron chi connectivity index (χ2n) is 3.16. The molecule has 0 aliphatic rings. The molecule has 5 heteroatoms. The van der Waals surface area contributed by atoms with E-state index in [-0.39, 0.29) is 17.4 Å². The van der Waals surface area contributed by atoms with Gasteiger partial charge in [-0.05, 0) is 6.07 Å². The number of nitrogens with two attached hydrogens (primary N) is 1. The van der Waals surface area contributed by atoms with Crippen molar-refractivity contribution < 1.29 is 8.78 Å². The fourth-order valence-electron chi connectivity index (χ4n) is 1.45. The van der Waals surface area contributed by atoms with Crippen LogP contribution in [-0.2, 0) is 6.54 Å². The quantitative estimate of drug-likeness (QED) is 0.744. The van der Waals surface area contributed by atoms with Gasteiger partial charge in [-0.25, -0.2) is 8.78 Å². The maximum Gasteiger partial charge on any atom is 0.194 e. The molecule has 3 N–H and O–H groups in total. The van der Waals surface area contributed by atoms with Crippen molar-refractivity contribution in [2.45, 2.75) is 6.54 Å². The van der Waals surface area contributed by atoms with Gasteiger partial charge in [0.2, 0.25) is 0 Å². The number of hydrogen-bond donors (Lipinski definition) is 2. The highest BCUT2D eigenvalue weighted by Crippen LogP contribution is 2.14. The first-order valence-electron chi connectivity index (χ1n) is 4.33. The van der Waals surface area contributed by atoms with Gasteiger partial charge in [0.15, 0.2) is 5.43 Å².